The van der Waals surface area contributed by atoms with E-state index >= 15 is 0 Å². The molecular weight excluding hydrogens is 568 g/mol. The Hall–Kier alpha value is 0.740. The van der Waals surface area contributed by atoms with Crippen molar-refractivity contribution in [2.24, 2.45) is 0 Å². The number of unbranched alkanes of at least 4 members (excludes halogenated alkanes) is 2. The lowest BCUT2D eigenvalue weighted by Crippen LogP contribution is -2.11. The van der Waals surface area contributed by atoms with E-state index in [1.807, 2.05) is 0 Å². The molecule has 0 heterocycles. The summed E-state index contributed by atoms with van der Waals surface area (Å²) in [5, 5.41) is 3.01. The fourth-order valence-electron chi connectivity index (χ4n) is 2.46. The maximum absolute atomic E-state index is 6.20. The average molecular weight is 594 g/mol. The van der Waals surface area contributed by atoms with E-state index in [9.17, 15) is 0 Å². The Morgan fingerprint density at radius 2 is 0.875 bits per heavy atom. The molecule has 0 fully saturated rings. The molecule has 0 saturated carbocycles. The summed E-state index contributed by atoms with van der Waals surface area (Å²) in [6.07, 6.45) is 4.38. The molecule has 1 aromatic rings. The van der Waals surface area contributed by atoms with Crippen LogP contribution in [0.5, 0.6) is 11.5 Å². The van der Waals surface area contributed by atoms with Gasteiger partial charge in [0.05, 0.1) is 13.2 Å². The zero-order chi connectivity index (χ0) is 17.9. The first-order valence-electron chi connectivity index (χ1n) is 8.38. The number of rotatable bonds is 12. The number of ether oxygens (including phenoxy) is 2. The molecule has 0 aliphatic carbocycles. The molecule has 24 heavy (non-hydrogen) atoms. The Morgan fingerprint density at radius 1 is 0.583 bits per heavy atom. The molecule has 0 N–H and O–H groups in total. The largest absolute Gasteiger partial charge is 0.493 e. The van der Waals surface area contributed by atoms with Gasteiger partial charge in [0.15, 0.2) is 0 Å². The van der Waals surface area contributed by atoms with Gasteiger partial charge in [-0.2, -0.15) is 0 Å². The smallest absolute Gasteiger partial charge is 0.128 e. The average Bonchev–Trinajstić information content (AvgIpc) is 2.61. The third-order valence-corrected chi connectivity index (χ3v) is 6.09. The van der Waals surface area contributed by atoms with Crippen molar-refractivity contribution >= 4 is 63.7 Å². The molecule has 0 saturated heterocycles. The van der Waals surface area contributed by atoms with Crippen LogP contribution in [0.25, 0.3) is 0 Å². The zero-order valence-electron chi connectivity index (χ0n) is 14.4. The SMILES string of the molecule is CCCCOc1c(CBr)c(CBr)c(OCCCC)c(CBr)c1CBr. The Balaban J connectivity index is 3.42. The van der Waals surface area contributed by atoms with Gasteiger partial charge < -0.3 is 9.47 Å². The van der Waals surface area contributed by atoms with Crippen LogP contribution < -0.4 is 9.47 Å². The summed E-state index contributed by atoms with van der Waals surface area (Å²) >= 11 is 14.6. The van der Waals surface area contributed by atoms with Crippen LogP contribution in [0.15, 0.2) is 0 Å². The fourth-order valence-corrected chi connectivity index (χ4v) is 4.84. The van der Waals surface area contributed by atoms with Gasteiger partial charge in [-0.1, -0.05) is 90.4 Å². The first-order valence-corrected chi connectivity index (χ1v) is 12.9. The van der Waals surface area contributed by atoms with Crippen molar-refractivity contribution < 1.29 is 9.47 Å². The van der Waals surface area contributed by atoms with Crippen LogP contribution in [0.1, 0.15) is 61.8 Å². The highest BCUT2D eigenvalue weighted by Gasteiger charge is 2.24. The van der Waals surface area contributed by atoms with E-state index in [4.69, 9.17) is 9.47 Å². The van der Waals surface area contributed by atoms with Crippen molar-refractivity contribution in [2.75, 3.05) is 13.2 Å². The molecule has 0 aliphatic rings. The van der Waals surface area contributed by atoms with Gasteiger partial charge in [-0.15, -0.1) is 0 Å². The molecule has 0 aliphatic heterocycles. The number of alkyl halides is 4. The summed E-state index contributed by atoms with van der Waals surface area (Å²) in [5.74, 6) is 2.01. The quantitative estimate of drug-likeness (QED) is 0.183. The maximum Gasteiger partial charge on any atom is 0.128 e. The van der Waals surface area contributed by atoms with Crippen molar-refractivity contribution in [3.63, 3.8) is 0 Å². The first-order chi connectivity index (χ1) is 11.7. The highest BCUT2D eigenvalue weighted by atomic mass is 79.9. The predicted molar refractivity (Wildman–Crippen MR) is 118 cm³/mol. The molecule has 0 bridgehead atoms. The number of benzene rings is 1. The van der Waals surface area contributed by atoms with Gasteiger partial charge in [0.1, 0.15) is 11.5 Å². The molecule has 1 aromatic carbocycles. The van der Waals surface area contributed by atoms with E-state index in [1.165, 1.54) is 22.3 Å². The van der Waals surface area contributed by atoms with Gasteiger partial charge in [-0.25, -0.2) is 0 Å². The Kier molecular flexibility index (Phi) is 12.3. The van der Waals surface area contributed by atoms with E-state index in [0.717, 1.165) is 71.7 Å². The van der Waals surface area contributed by atoms with Crippen LogP contribution in [0.4, 0.5) is 0 Å². The zero-order valence-corrected chi connectivity index (χ0v) is 20.7. The van der Waals surface area contributed by atoms with Gasteiger partial charge >= 0.3 is 0 Å². The van der Waals surface area contributed by atoms with Crippen molar-refractivity contribution in [3.05, 3.63) is 22.3 Å². The first kappa shape index (κ1) is 22.8. The molecule has 0 spiro atoms. The lowest BCUT2D eigenvalue weighted by molar-refractivity contribution is 0.293. The number of halogens is 4. The highest BCUT2D eigenvalue weighted by molar-refractivity contribution is 9.09. The lowest BCUT2D eigenvalue weighted by Gasteiger charge is -2.24. The molecule has 2 nitrogen and oxygen atoms in total. The third-order valence-electron chi connectivity index (χ3n) is 3.85. The van der Waals surface area contributed by atoms with E-state index in [-0.39, 0.29) is 0 Å². The summed E-state index contributed by atoms with van der Waals surface area (Å²) in [6.45, 7) is 5.85. The number of hydrogen-bond donors (Lipinski definition) is 0. The summed E-state index contributed by atoms with van der Waals surface area (Å²) in [4.78, 5) is 0. The third kappa shape index (κ3) is 5.88. The molecule has 0 unspecified atom stereocenters. The molecule has 0 radical (unpaired) electrons. The topological polar surface area (TPSA) is 18.5 Å². The van der Waals surface area contributed by atoms with Crippen LogP contribution >= 0.6 is 63.7 Å². The monoisotopic (exact) mass is 590 g/mol. The van der Waals surface area contributed by atoms with Crippen LogP contribution in [-0.2, 0) is 21.3 Å². The van der Waals surface area contributed by atoms with Crippen LogP contribution in [-0.4, -0.2) is 13.2 Å². The van der Waals surface area contributed by atoms with E-state index in [2.05, 4.69) is 77.6 Å². The van der Waals surface area contributed by atoms with Crippen LogP contribution in [0, 0.1) is 0 Å². The van der Waals surface area contributed by atoms with Crippen molar-refractivity contribution in [1.82, 2.24) is 0 Å². The normalized spacial score (nSPS) is 10.9. The van der Waals surface area contributed by atoms with Gasteiger partial charge in [0.2, 0.25) is 0 Å². The Labute approximate surface area is 180 Å². The van der Waals surface area contributed by atoms with Crippen LogP contribution in [0.2, 0.25) is 0 Å². The van der Waals surface area contributed by atoms with E-state index in [0.29, 0.717) is 0 Å². The summed E-state index contributed by atoms with van der Waals surface area (Å²) in [7, 11) is 0. The van der Waals surface area contributed by atoms with Crippen molar-refractivity contribution in [1.29, 1.82) is 0 Å². The second-order valence-corrected chi connectivity index (χ2v) is 7.75. The Morgan fingerprint density at radius 3 is 1.08 bits per heavy atom. The molecule has 0 aromatic heterocycles. The van der Waals surface area contributed by atoms with E-state index < -0.39 is 0 Å². The molecule has 6 heteroatoms. The minimum absolute atomic E-state index is 0.746. The lowest BCUT2D eigenvalue weighted by atomic mass is 9.98. The molecule has 1 rings (SSSR count). The standard InChI is InChI=1S/C18H26Br4O2/c1-3-5-7-23-17-13(9-19)15(11-21)18(24-8-6-4-2)16(12-22)14(17)10-20/h3-12H2,1-2H3. The molecule has 0 amide bonds. The second kappa shape index (κ2) is 13.0. The summed E-state index contributed by atoms with van der Waals surface area (Å²) in [5.41, 5.74) is 4.75. The van der Waals surface area contributed by atoms with Gasteiger partial charge in [-0.3, -0.25) is 0 Å². The fraction of sp³-hybridized carbons (Fsp3) is 0.667. The van der Waals surface area contributed by atoms with Crippen molar-refractivity contribution in [2.45, 2.75) is 60.9 Å². The maximum atomic E-state index is 6.20. The van der Waals surface area contributed by atoms with E-state index in [1.54, 1.807) is 0 Å². The molecular formula is C18H26Br4O2. The highest BCUT2D eigenvalue weighted by Crippen LogP contribution is 2.43. The minimum atomic E-state index is 0.746. The van der Waals surface area contributed by atoms with Gasteiger partial charge in [0, 0.05) is 43.6 Å². The Bertz CT molecular complexity index is 428. The van der Waals surface area contributed by atoms with Gasteiger partial charge in [-0.05, 0) is 12.8 Å². The second-order valence-electron chi connectivity index (χ2n) is 5.51. The minimum Gasteiger partial charge on any atom is -0.493 e. The molecule has 0 atom stereocenters. The predicted octanol–water partition coefficient (Wildman–Crippen LogP) is 7.62. The van der Waals surface area contributed by atoms with Gasteiger partial charge in [0.25, 0.3) is 0 Å². The summed E-state index contributed by atoms with van der Waals surface area (Å²) < 4.78 is 12.4. The summed E-state index contributed by atoms with van der Waals surface area (Å²) in [6, 6.07) is 0. The number of hydrogen-bond acceptors (Lipinski definition) is 2. The molecule has 138 valence electrons. The van der Waals surface area contributed by atoms with Crippen molar-refractivity contribution in [3.8, 4) is 11.5 Å². The van der Waals surface area contributed by atoms with Crippen LogP contribution in [0.3, 0.4) is 0 Å².